The minimum absolute atomic E-state index is 0.249. The summed E-state index contributed by atoms with van der Waals surface area (Å²) in [4.78, 5) is 23.4. The number of aliphatic carboxylic acids is 1. The third kappa shape index (κ3) is 8.47. The molecule has 0 aliphatic carbocycles. The number of hydrogen-bond acceptors (Lipinski definition) is 4. The molecule has 0 saturated heterocycles. The molecule has 0 aliphatic rings. The first-order valence-corrected chi connectivity index (χ1v) is 5.34. The maximum Gasteiger partial charge on any atom is 0.323 e. The average Bonchev–Trinajstić information content (AvgIpc) is 2.29. The second kappa shape index (κ2) is 9.86. The summed E-state index contributed by atoms with van der Waals surface area (Å²) in [6.07, 6.45) is 0.688. The van der Waals surface area contributed by atoms with E-state index in [0.717, 1.165) is 0 Å². The monoisotopic (exact) mass is 248 g/mol. The van der Waals surface area contributed by atoms with Crippen LogP contribution in [0, 0.1) is 0 Å². The van der Waals surface area contributed by atoms with Crippen LogP contribution < -0.4 is 5.32 Å². The molecule has 7 heteroatoms. The van der Waals surface area contributed by atoms with Gasteiger partial charge in [-0.25, -0.2) is 4.79 Å². The molecular weight excluding hydrogens is 228 g/mol. The fraction of sp³-hybridized carbons (Fsp3) is 0.800. The number of nitrogens with one attached hydrogen (secondary N) is 1. The summed E-state index contributed by atoms with van der Waals surface area (Å²) in [5.74, 6) is -1.05. The Morgan fingerprint density at radius 2 is 1.88 bits per heavy atom. The Morgan fingerprint density at radius 1 is 1.24 bits per heavy atom. The van der Waals surface area contributed by atoms with E-state index in [9.17, 15) is 9.59 Å². The van der Waals surface area contributed by atoms with Crippen molar-refractivity contribution < 1.29 is 24.2 Å². The van der Waals surface area contributed by atoms with E-state index in [-0.39, 0.29) is 13.1 Å². The quantitative estimate of drug-likeness (QED) is 0.550. The predicted molar refractivity (Wildman–Crippen MR) is 61.0 cm³/mol. The molecule has 0 saturated carbocycles. The van der Waals surface area contributed by atoms with Crippen LogP contribution in [0.4, 0.5) is 4.79 Å². The molecule has 0 aromatic carbocycles. The molecule has 0 heterocycles. The molecule has 0 aliphatic heterocycles. The first kappa shape index (κ1) is 15.7. The van der Waals surface area contributed by atoms with Gasteiger partial charge in [-0.3, -0.25) is 4.79 Å². The number of nitrogens with zero attached hydrogens (tertiary/aromatic N) is 1. The van der Waals surface area contributed by atoms with Crippen molar-refractivity contribution in [2.75, 3.05) is 47.1 Å². The summed E-state index contributed by atoms with van der Waals surface area (Å²) >= 11 is 0. The third-order valence-corrected chi connectivity index (χ3v) is 1.98. The van der Waals surface area contributed by atoms with Gasteiger partial charge in [0.05, 0.1) is 6.61 Å². The Morgan fingerprint density at radius 3 is 2.41 bits per heavy atom. The minimum Gasteiger partial charge on any atom is -0.480 e. The number of rotatable bonds is 9. The molecule has 0 atom stereocenters. The first-order chi connectivity index (χ1) is 8.11. The molecule has 17 heavy (non-hydrogen) atoms. The summed E-state index contributed by atoms with van der Waals surface area (Å²) < 4.78 is 9.65. The van der Waals surface area contributed by atoms with Gasteiger partial charge in [0.2, 0.25) is 0 Å². The molecule has 0 unspecified atom stereocenters. The normalized spacial score (nSPS) is 10.0. The summed E-state index contributed by atoms with van der Waals surface area (Å²) in [6, 6.07) is -0.402. The summed E-state index contributed by atoms with van der Waals surface area (Å²) in [5.41, 5.74) is 0. The minimum atomic E-state index is -1.05. The molecule has 7 nitrogen and oxygen atoms in total. The molecule has 2 amide bonds. The number of carboxylic acids is 1. The lowest BCUT2D eigenvalue weighted by Crippen LogP contribution is -2.44. The molecule has 0 spiro atoms. The molecule has 100 valence electrons. The second-order valence-corrected chi connectivity index (χ2v) is 3.39. The van der Waals surface area contributed by atoms with Gasteiger partial charge in [-0.05, 0) is 6.42 Å². The number of ether oxygens (including phenoxy) is 2. The van der Waals surface area contributed by atoms with Crippen LogP contribution in [0.3, 0.4) is 0 Å². The highest BCUT2D eigenvalue weighted by Crippen LogP contribution is 1.91. The van der Waals surface area contributed by atoms with Crippen molar-refractivity contribution in [3.8, 4) is 0 Å². The number of carboxylic acid groups (broad SMARTS) is 1. The maximum absolute atomic E-state index is 11.6. The van der Waals surface area contributed by atoms with Gasteiger partial charge in [0.25, 0.3) is 0 Å². The maximum atomic E-state index is 11.6. The Hall–Kier alpha value is -1.34. The molecular formula is C10H20N2O5. The zero-order chi connectivity index (χ0) is 13.1. The lowest BCUT2D eigenvalue weighted by molar-refractivity contribution is -0.137. The van der Waals surface area contributed by atoms with Crippen LogP contribution in [0.25, 0.3) is 0 Å². The molecule has 0 fully saturated rings. The highest BCUT2D eigenvalue weighted by atomic mass is 16.5. The number of amides is 2. The van der Waals surface area contributed by atoms with E-state index in [0.29, 0.717) is 26.2 Å². The molecule has 2 N–H and O–H groups in total. The molecule has 0 bridgehead atoms. The topological polar surface area (TPSA) is 88.1 Å². The van der Waals surface area contributed by atoms with E-state index >= 15 is 0 Å². The second-order valence-electron chi connectivity index (χ2n) is 3.39. The summed E-state index contributed by atoms with van der Waals surface area (Å²) in [6.45, 7) is 1.23. The highest BCUT2D eigenvalue weighted by molar-refractivity contribution is 5.80. The fourth-order valence-corrected chi connectivity index (χ4v) is 1.14. The van der Waals surface area contributed by atoms with Gasteiger partial charge in [0.1, 0.15) is 6.54 Å². The number of carbonyl (C=O) groups excluding carboxylic acids is 1. The van der Waals surface area contributed by atoms with Crippen LogP contribution in [0.2, 0.25) is 0 Å². The highest BCUT2D eigenvalue weighted by Gasteiger charge is 2.15. The van der Waals surface area contributed by atoms with E-state index in [1.54, 1.807) is 7.11 Å². The van der Waals surface area contributed by atoms with Gasteiger partial charge in [0, 0.05) is 33.9 Å². The predicted octanol–water partition coefficient (Wildman–Crippen LogP) is -0.234. The van der Waals surface area contributed by atoms with Gasteiger partial charge >= 0.3 is 12.0 Å². The first-order valence-electron chi connectivity index (χ1n) is 5.34. The van der Waals surface area contributed by atoms with E-state index in [4.69, 9.17) is 14.6 Å². The molecule has 0 rings (SSSR count). The van der Waals surface area contributed by atoms with Crippen molar-refractivity contribution in [2.24, 2.45) is 0 Å². The van der Waals surface area contributed by atoms with Crippen LogP contribution in [0.15, 0.2) is 0 Å². The Kier molecular flexibility index (Phi) is 9.08. The van der Waals surface area contributed by atoms with E-state index in [2.05, 4.69) is 5.32 Å². The molecule has 0 radical (unpaired) electrons. The number of urea groups is 1. The van der Waals surface area contributed by atoms with Gasteiger partial charge in [-0.2, -0.15) is 0 Å². The van der Waals surface area contributed by atoms with Crippen molar-refractivity contribution in [1.29, 1.82) is 0 Å². The SMILES string of the molecule is COCCCNC(=O)N(CCOC)CC(=O)O. The van der Waals surface area contributed by atoms with Gasteiger partial charge < -0.3 is 24.8 Å². The largest absolute Gasteiger partial charge is 0.480 e. The van der Waals surface area contributed by atoms with Crippen molar-refractivity contribution in [3.05, 3.63) is 0 Å². The summed E-state index contributed by atoms with van der Waals surface area (Å²) in [7, 11) is 3.08. The van der Waals surface area contributed by atoms with Crippen LogP contribution in [0.5, 0.6) is 0 Å². The molecule has 0 aromatic heterocycles. The lowest BCUT2D eigenvalue weighted by atomic mass is 10.4. The standard InChI is InChI=1S/C10H20N2O5/c1-16-6-3-4-11-10(15)12(5-7-17-2)8-9(13)14/h3-8H2,1-2H3,(H,11,15)(H,13,14). The van der Waals surface area contributed by atoms with Crippen molar-refractivity contribution in [1.82, 2.24) is 10.2 Å². The number of hydrogen-bond donors (Lipinski definition) is 2. The van der Waals surface area contributed by atoms with Gasteiger partial charge in [-0.15, -0.1) is 0 Å². The van der Waals surface area contributed by atoms with Crippen LogP contribution >= 0.6 is 0 Å². The fourth-order valence-electron chi connectivity index (χ4n) is 1.14. The molecule has 0 aromatic rings. The van der Waals surface area contributed by atoms with Crippen molar-refractivity contribution in [3.63, 3.8) is 0 Å². The number of carbonyl (C=O) groups is 2. The van der Waals surface area contributed by atoms with Crippen LogP contribution in [-0.4, -0.2) is 69.1 Å². The summed E-state index contributed by atoms with van der Waals surface area (Å²) in [5, 5.41) is 11.3. The van der Waals surface area contributed by atoms with E-state index in [1.807, 2.05) is 0 Å². The zero-order valence-electron chi connectivity index (χ0n) is 10.3. The van der Waals surface area contributed by atoms with E-state index < -0.39 is 12.0 Å². The Labute approximate surface area is 101 Å². The van der Waals surface area contributed by atoms with Crippen LogP contribution in [-0.2, 0) is 14.3 Å². The average molecular weight is 248 g/mol. The Balaban J connectivity index is 3.98. The van der Waals surface area contributed by atoms with Crippen LogP contribution in [0.1, 0.15) is 6.42 Å². The zero-order valence-corrected chi connectivity index (χ0v) is 10.3. The third-order valence-electron chi connectivity index (χ3n) is 1.98. The lowest BCUT2D eigenvalue weighted by Gasteiger charge is -2.20. The van der Waals surface area contributed by atoms with Gasteiger partial charge in [0.15, 0.2) is 0 Å². The Bertz CT molecular complexity index is 235. The van der Waals surface area contributed by atoms with Crippen molar-refractivity contribution in [2.45, 2.75) is 6.42 Å². The number of methoxy groups -OCH3 is 2. The van der Waals surface area contributed by atoms with E-state index in [1.165, 1.54) is 12.0 Å². The van der Waals surface area contributed by atoms with Crippen molar-refractivity contribution >= 4 is 12.0 Å². The van der Waals surface area contributed by atoms with Gasteiger partial charge in [-0.1, -0.05) is 0 Å². The smallest absolute Gasteiger partial charge is 0.323 e.